The van der Waals surface area contributed by atoms with Gasteiger partial charge in [0.15, 0.2) is 0 Å². The molecule has 1 amide bonds. The highest BCUT2D eigenvalue weighted by Crippen LogP contribution is 2.20. The first kappa shape index (κ1) is 17.9. The van der Waals surface area contributed by atoms with Gasteiger partial charge in [-0.05, 0) is 36.6 Å². The van der Waals surface area contributed by atoms with E-state index in [4.69, 9.17) is 0 Å². The minimum absolute atomic E-state index is 0.0690. The standard InChI is InChI=1S/C18H28FN3O/c1-14(2)17-12-21(13-18(23)20-3)9-4-10-22(17)11-15-5-7-16(19)8-6-15/h5-8,14,17H,4,9-13H2,1-3H3,(H,20,23)/t17-/m1/s1. The van der Waals surface area contributed by atoms with Crippen LogP contribution in [0.5, 0.6) is 0 Å². The largest absolute Gasteiger partial charge is 0.358 e. The van der Waals surface area contributed by atoms with Crippen LogP contribution in [0.1, 0.15) is 25.8 Å². The molecule has 23 heavy (non-hydrogen) atoms. The number of halogens is 1. The Morgan fingerprint density at radius 3 is 2.61 bits per heavy atom. The molecule has 0 aromatic heterocycles. The first-order chi connectivity index (χ1) is 11.0. The third-order valence-corrected chi connectivity index (χ3v) is 4.55. The number of hydrogen-bond donors (Lipinski definition) is 1. The van der Waals surface area contributed by atoms with Crippen LogP contribution in [0.15, 0.2) is 24.3 Å². The van der Waals surface area contributed by atoms with E-state index >= 15 is 0 Å². The molecule has 1 saturated heterocycles. The molecule has 0 bridgehead atoms. The van der Waals surface area contributed by atoms with Crippen molar-refractivity contribution < 1.29 is 9.18 Å². The lowest BCUT2D eigenvalue weighted by Crippen LogP contribution is -2.46. The lowest BCUT2D eigenvalue weighted by Gasteiger charge is -2.34. The first-order valence-electron chi connectivity index (χ1n) is 8.41. The van der Waals surface area contributed by atoms with Crippen molar-refractivity contribution in [2.75, 3.05) is 33.2 Å². The van der Waals surface area contributed by atoms with E-state index in [0.29, 0.717) is 18.5 Å². The van der Waals surface area contributed by atoms with E-state index in [1.165, 1.54) is 12.1 Å². The fraction of sp³-hybridized carbons (Fsp3) is 0.611. The van der Waals surface area contributed by atoms with Gasteiger partial charge in [-0.2, -0.15) is 0 Å². The quantitative estimate of drug-likeness (QED) is 0.902. The van der Waals surface area contributed by atoms with E-state index in [0.717, 1.165) is 38.2 Å². The van der Waals surface area contributed by atoms with Gasteiger partial charge in [-0.3, -0.25) is 14.6 Å². The van der Waals surface area contributed by atoms with Gasteiger partial charge >= 0.3 is 0 Å². The van der Waals surface area contributed by atoms with Gasteiger partial charge in [-0.1, -0.05) is 26.0 Å². The molecule has 1 N–H and O–H groups in total. The smallest absolute Gasteiger partial charge is 0.233 e. The minimum atomic E-state index is -0.193. The van der Waals surface area contributed by atoms with Crippen molar-refractivity contribution in [2.45, 2.75) is 32.9 Å². The third kappa shape index (κ3) is 5.29. The molecule has 1 aromatic carbocycles. The van der Waals surface area contributed by atoms with E-state index < -0.39 is 0 Å². The summed E-state index contributed by atoms with van der Waals surface area (Å²) in [6, 6.07) is 7.16. The summed E-state index contributed by atoms with van der Waals surface area (Å²) in [4.78, 5) is 16.4. The van der Waals surface area contributed by atoms with E-state index in [2.05, 4.69) is 29.0 Å². The molecular weight excluding hydrogens is 293 g/mol. The maximum atomic E-state index is 13.1. The summed E-state index contributed by atoms with van der Waals surface area (Å²) in [6.45, 7) is 8.59. The predicted octanol–water partition coefficient (Wildman–Crippen LogP) is 2.10. The van der Waals surface area contributed by atoms with Crippen LogP contribution < -0.4 is 5.32 Å². The van der Waals surface area contributed by atoms with Crippen LogP contribution in [0.3, 0.4) is 0 Å². The van der Waals surface area contributed by atoms with Crippen molar-refractivity contribution in [3.63, 3.8) is 0 Å². The Balaban J connectivity index is 2.06. The molecule has 5 heteroatoms. The summed E-state index contributed by atoms with van der Waals surface area (Å²) in [5.41, 5.74) is 1.14. The van der Waals surface area contributed by atoms with Crippen molar-refractivity contribution in [1.82, 2.24) is 15.1 Å². The monoisotopic (exact) mass is 321 g/mol. The molecule has 0 radical (unpaired) electrons. The maximum Gasteiger partial charge on any atom is 0.233 e. The summed E-state index contributed by atoms with van der Waals surface area (Å²) >= 11 is 0. The summed E-state index contributed by atoms with van der Waals surface area (Å²) < 4.78 is 13.1. The first-order valence-corrected chi connectivity index (χ1v) is 8.41. The summed E-state index contributed by atoms with van der Waals surface area (Å²) in [5, 5.41) is 2.70. The number of nitrogens with zero attached hydrogens (tertiary/aromatic N) is 2. The van der Waals surface area contributed by atoms with Crippen molar-refractivity contribution >= 4 is 5.91 Å². The molecule has 4 nitrogen and oxygen atoms in total. The maximum absolute atomic E-state index is 13.1. The van der Waals surface area contributed by atoms with Crippen LogP contribution in [-0.2, 0) is 11.3 Å². The van der Waals surface area contributed by atoms with Gasteiger partial charge < -0.3 is 5.32 Å². The molecule has 1 fully saturated rings. The molecule has 1 atom stereocenters. The Morgan fingerprint density at radius 1 is 1.30 bits per heavy atom. The number of carbonyl (C=O) groups excluding carboxylic acids is 1. The normalized spacial score (nSPS) is 20.5. The second-order valence-corrected chi connectivity index (χ2v) is 6.67. The van der Waals surface area contributed by atoms with Crippen LogP contribution in [0.25, 0.3) is 0 Å². The molecule has 0 unspecified atom stereocenters. The molecule has 0 spiro atoms. The molecule has 0 aliphatic carbocycles. The Bertz CT molecular complexity index is 503. The zero-order valence-corrected chi connectivity index (χ0v) is 14.4. The van der Waals surface area contributed by atoms with E-state index in [9.17, 15) is 9.18 Å². The van der Waals surface area contributed by atoms with Gasteiger partial charge in [0.1, 0.15) is 5.82 Å². The van der Waals surface area contributed by atoms with E-state index in [-0.39, 0.29) is 11.7 Å². The van der Waals surface area contributed by atoms with Crippen LogP contribution in [0.4, 0.5) is 4.39 Å². The second kappa shape index (κ2) is 8.41. The lowest BCUT2D eigenvalue weighted by atomic mass is 10.0. The molecule has 1 aromatic rings. The summed E-state index contributed by atoms with van der Waals surface area (Å²) in [7, 11) is 1.68. The summed E-state index contributed by atoms with van der Waals surface area (Å²) in [6.07, 6.45) is 1.04. The molecule has 1 aliphatic rings. The van der Waals surface area contributed by atoms with Gasteiger partial charge in [0.05, 0.1) is 6.54 Å². The van der Waals surface area contributed by atoms with E-state index in [1.807, 2.05) is 12.1 Å². The number of benzene rings is 1. The zero-order valence-electron chi connectivity index (χ0n) is 14.4. The SMILES string of the molecule is CNC(=O)CN1CCCN(Cc2ccc(F)cc2)[C@@H](C(C)C)C1. The molecule has 0 saturated carbocycles. The lowest BCUT2D eigenvalue weighted by molar-refractivity contribution is -0.121. The van der Waals surface area contributed by atoms with Gasteiger partial charge in [-0.15, -0.1) is 0 Å². The average molecular weight is 321 g/mol. The predicted molar refractivity (Wildman–Crippen MR) is 90.6 cm³/mol. The highest BCUT2D eigenvalue weighted by atomic mass is 19.1. The molecule has 2 rings (SSSR count). The van der Waals surface area contributed by atoms with E-state index in [1.54, 1.807) is 7.05 Å². The number of amides is 1. The van der Waals surface area contributed by atoms with Crippen LogP contribution in [0.2, 0.25) is 0 Å². The van der Waals surface area contributed by atoms with Crippen LogP contribution >= 0.6 is 0 Å². The van der Waals surface area contributed by atoms with Crippen molar-refractivity contribution in [3.05, 3.63) is 35.6 Å². The van der Waals surface area contributed by atoms with Crippen LogP contribution in [0, 0.1) is 11.7 Å². The Labute approximate surface area is 138 Å². The van der Waals surface area contributed by atoms with Crippen LogP contribution in [-0.4, -0.2) is 55.0 Å². The Morgan fingerprint density at radius 2 is 2.00 bits per heavy atom. The highest BCUT2D eigenvalue weighted by Gasteiger charge is 2.28. The van der Waals surface area contributed by atoms with Gasteiger partial charge in [0.25, 0.3) is 0 Å². The molecule has 1 heterocycles. The highest BCUT2D eigenvalue weighted by molar-refractivity contribution is 5.77. The Kier molecular flexibility index (Phi) is 6.54. The number of carbonyl (C=O) groups is 1. The fourth-order valence-corrected chi connectivity index (χ4v) is 3.21. The van der Waals surface area contributed by atoms with Gasteiger partial charge in [-0.25, -0.2) is 4.39 Å². The Hall–Kier alpha value is -1.46. The summed E-state index contributed by atoms with van der Waals surface area (Å²) in [5.74, 6) is 0.377. The third-order valence-electron chi connectivity index (χ3n) is 4.55. The van der Waals surface area contributed by atoms with Gasteiger partial charge in [0, 0.05) is 32.7 Å². The minimum Gasteiger partial charge on any atom is -0.358 e. The topological polar surface area (TPSA) is 35.6 Å². The molecule has 1 aliphatic heterocycles. The zero-order chi connectivity index (χ0) is 16.8. The number of likely N-dealkylation sites (N-methyl/N-ethyl adjacent to an activating group) is 1. The number of nitrogens with one attached hydrogen (secondary N) is 1. The average Bonchev–Trinajstić information content (AvgIpc) is 2.72. The number of hydrogen-bond acceptors (Lipinski definition) is 3. The van der Waals surface area contributed by atoms with Gasteiger partial charge in [0.2, 0.25) is 5.91 Å². The fourth-order valence-electron chi connectivity index (χ4n) is 3.21. The second-order valence-electron chi connectivity index (χ2n) is 6.67. The molecular formula is C18H28FN3O. The number of rotatable bonds is 5. The van der Waals surface area contributed by atoms with Crippen molar-refractivity contribution in [2.24, 2.45) is 5.92 Å². The molecule has 128 valence electrons. The van der Waals surface area contributed by atoms with Crippen molar-refractivity contribution in [3.8, 4) is 0 Å². The van der Waals surface area contributed by atoms with Crippen molar-refractivity contribution in [1.29, 1.82) is 0 Å².